The predicted octanol–water partition coefficient (Wildman–Crippen LogP) is 2.36. The lowest BCUT2D eigenvalue weighted by molar-refractivity contribution is -0.149. The molecule has 2 aromatic rings. The average molecular weight is 390 g/mol. The first-order chi connectivity index (χ1) is 12.8. The van der Waals surface area contributed by atoms with Gasteiger partial charge in [0.1, 0.15) is 6.54 Å². The number of carbonyl (C=O) groups is 2. The number of rotatable bonds is 7. The summed E-state index contributed by atoms with van der Waals surface area (Å²) < 4.78 is 26.8. The molecule has 7 nitrogen and oxygen atoms in total. The number of anilines is 1. The van der Waals surface area contributed by atoms with Crippen molar-refractivity contribution in [3.63, 3.8) is 0 Å². The molecule has 0 saturated carbocycles. The summed E-state index contributed by atoms with van der Waals surface area (Å²) in [6.07, 6.45) is 0.734. The number of nitrogens with one attached hydrogen (secondary N) is 1. The molecule has 0 radical (unpaired) electrons. The van der Waals surface area contributed by atoms with Crippen LogP contribution in [0.3, 0.4) is 0 Å². The van der Waals surface area contributed by atoms with Gasteiger partial charge in [-0.05, 0) is 30.4 Å². The number of sulfonamides is 1. The van der Waals surface area contributed by atoms with Gasteiger partial charge in [0, 0.05) is 11.9 Å². The number of aliphatic carboxylic acids is 1. The Hall–Kier alpha value is -2.61. The summed E-state index contributed by atoms with van der Waals surface area (Å²) in [6.45, 7) is 3.08. The van der Waals surface area contributed by atoms with E-state index < -0.39 is 27.3 Å². The van der Waals surface area contributed by atoms with E-state index in [1.807, 2.05) is 12.1 Å². The van der Waals surface area contributed by atoms with Crippen molar-refractivity contribution < 1.29 is 23.1 Å². The van der Waals surface area contributed by atoms with E-state index in [0.717, 1.165) is 9.69 Å². The molecular formula is C19H22N2O5S. The van der Waals surface area contributed by atoms with Crippen LogP contribution in [0.25, 0.3) is 10.8 Å². The minimum atomic E-state index is -3.82. The van der Waals surface area contributed by atoms with Crippen molar-refractivity contribution in [2.24, 2.45) is 5.41 Å². The van der Waals surface area contributed by atoms with Gasteiger partial charge in [-0.3, -0.25) is 13.9 Å². The molecule has 1 aliphatic rings. The van der Waals surface area contributed by atoms with Crippen molar-refractivity contribution in [1.29, 1.82) is 0 Å². The van der Waals surface area contributed by atoms with E-state index in [2.05, 4.69) is 5.32 Å². The number of carboxylic acids is 1. The molecule has 0 unspecified atom stereocenters. The van der Waals surface area contributed by atoms with E-state index in [4.69, 9.17) is 0 Å². The van der Waals surface area contributed by atoms with E-state index in [1.165, 1.54) is 6.07 Å². The lowest BCUT2D eigenvalue weighted by Crippen LogP contribution is -2.46. The van der Waals surface area contributed by atoms with Crippen LogP contribution in [-0.2, 0) is 19.6 Å². The number of carbonyl (C=O) groups excluding carboxylic acids is 1. The molecule has 2 aromatic carbocycles. The number of nitrogens with zero attached hydrogens (tertiary/aromatic N) is 1. The highest BCUT2D eigenvalue weighted by atomic mass is 32.2. The van der Waals surface area contributed by atoms with Crippen LogP contribution in [0.2, 0.25) is 0 Å². The van der Waals surface area contributed by atoms with Crippen LogP contribution in [0.1, 0.15) is 26.7 Å². The summed E-state index contributed by atoms with van der Waals surface area (Å²) >= 11 is 0. The van der Waals surface area contributed by atoms with Crippen LogP contribution < -0.4 is 9.62 Å². The van der Waals surface area contributed by atoms with Gasteiger partial charge in [-0.25, -0.2) is 8.42 Å². The smallest absolute Gasteiger partial charge is 0.311 e. The summed E-state index contributed by atoms with van der Waals surface area (Å²) in [5.41, 5.74) is -0.587. The van der Waals surface area contributed by atoms with Crippen molar-refractivity contribution in [3.05, 3.63) is 36.4 Å². The van der Waals surface area contributed by atoms with Gasteiger partial charge in [0.15, 0.2) is 0 Å². The van der Waals surface area contributed by atoms with Gasteiger partial charge in [-0.15, -0.1) is 0 Å². The highest BCUT2D eigenvalue weighted by Gasteiger charge is 2.38. The number of hydrogen-bond donors (Lipinski definition) is 2. The topological polar surface area (TPSA) is 104 Å². The second kappa shape index (κ2) is 6.84. The van der Waals surface area contributed by atoms with Crippen molar-refractivity contribution >= 4 is 38.4 Å². The SMILES string of the molecule is CCC(CC)(CNC(=O)CN1c2cccc3cccc(c23)S1(=O)=O)C(=O)O. The largest absolute Gasteiger partial charge is 0.481 e. The first-order valence-corrected chi connectivity index (χ1v) is 10.3. The molecule has 1 heterocycles. The fourth-order valence-electron chi connectivity index (χ4n) is 3.46. The van der Waals surface area contributed by atoms with Crippen molar-refractivity contribution in [1.82, 2.24) is 5.32 Å². The van der Waals surface area contributed by atoms with Crippen LogP contribution >= 0.6 is 0 Å². The molecule has 0 spiro atoms. The Morgan fingerprint density at radius 1 is 1.11 bits per heavy atom. The maximum absolute atomic E-state index is 12.9. The van der Waals surface area contributed by atoms with Gasteiger partial charge in [0.05, 0.1) is 16.0 Å². The molecule has 0 atom stereocenters. The van der Waals surface area contributed by atoms with E-state index in [-0.39, 0.29) is 18.0 Å². The highest BCUT2D eigenvalue weighted by Crippen LogP contribution is 2.41. The third-order valence-corrected chi connectivity index (χ3v) is 7.20. The minimum absolute atomic E-state index is 0.0425. The lowest BCUT2D eigenvalue weighted by atomic mass is 9.82. The van der Waals surface area contributed by atoms with Crippen molar-refractivity contribution in [3.8, 4) is 0 Å². The Kier molecular flexibility index (Phi) is 4.86. The van der Waals surface area contributed by atoms with E-state index in [9.17, 15) is 23.1 Å². The lowest BCUT2D eigenvalue weighted by Gasteiger charge is -2.27. The van der Waals surface area contributed by atoms with E-state index >= 15 is 0 Å². The molecule has 0 fully saturated rings. The van der Waals surface area contributed by atoms with Crippen LogP contribution in [0.5, 0.6) is 0 Å². The zero-order valence-electron chi connectivity index (χ0n) is 15.2. The number of carboxylic acid groups (broad SMARTS) is 1. The quantitative estimate of drug-likeness (QED) is 0.755. The maximum Gasteiger partial charge on any atom is 0.311 e. The molecule has 0 aliphatic carbocycles. The minimum Gasteiger partial charge on any atom is -0.481 e. The molecule has 1 aliphatic heterocycles. The molecule has 27 heavy (non-hydrogen) atoms. The molecule has 8 heteroatoms. The second-order valence-corrected chi connectivity index (χ2v) is 8.54. The normalized spacial score (nSPS) is 15.1. The Labute approximate surface area is 158 Å². The van der Waals surface area contributed by atoms with Gasteiger partial charge < -0.3 is 10.4 Å². The first-order valence-electron chi connectivity index (χ1n) is 8.81. The summed E-state index contributed by atoms with van der Waals surface area (Å²) in [4.78, 5) is 24.2. The summed E-state index contributed by atoms with van der Waals surface area (Å²) in [5, 5.41) is 13.5. The average Bonchev–Trinajstić information content (AvgIpc) is 2.86. The molecule has 0 saturated heterocycles. The summed E-state index contributed by atoms with van der Waals surface area (Å²) in [5.74, 6) is -1.50. The Morgan fingerprint density at radius 3 is 2.33 bits per heavy atom. The summed E-state index contributed by atoms with van der Waals surface area (Å²) in [7, 11) is -3.82. The Morgan fingerprint density at radius 2 is 1.74 bits per heavy atom. The van der Waals surface area contributed by atoms with E-state index in [0.29, 0.717) is 23.9 Å². The van der Waals surface area contributed by atoms with Crippen LogP contribution in [0.15, 0.2) is 41.3 Å². The van der Waals surface area contributed by atoms with E-state index in [1.54, 1.807) is 32.0 Å². The standard InChI is InChI=1S/C19H22N2O5S/c1-3-19(4-2,18(23)24)12-20-16(22)11-21-14-9-5-7-13-8-6-10-15(17(13)14)27(21,25)26/h5-10H,3-4,11-12H2,1-2H3,(H,20,22)(H,23,24). The third-order valence-electron chi connectivity index (χ3n) is 5.40. The predicted molar refractivity (Wildman–Crippen MR) is 102 cm³/mol. The zero-order valence-corrected chi connectivity index (χ0v) is 16.0. The third kappa shape index (κ3) is 3.03. The maximum atomic E-state index is 12.9. The van der Waals surface area contributed by atoms with Crippen molar-refractivity contribution in [2.75, 3.05) is 17.4 Å². The fourth-order valence-corrected chi connectivity index (χ4v) is 5.13. The Balaban J connectivity index is 1.84. The molecule has 3 rings (SSSR count). The van der Waals surface area contributed by atoms with Gasteiger partial charge in [-0.1, -0.05) is 38.1 Å². The molecular weight excluding hydrogens is 368 g/mol. The van der Waals surface area contributed by atoms with Gasteiger partial charge >= 0.3 is 5.97 Å². The second-order valence-electron chi connectivity index (χ2n) is 6.71. The number of hydrogen-bond acceptors (Lipinski definition) is 4. The van der Waals surface area contributed by atoms with Crippen LogP contribution in [-0.4, -0.2) is 38.5 Å². The molecule has 144 valence electrons. The molecule has 0 aromatic heterocycles. The van der Waals surface area contributed by atoms with Crippen LogP contribution in [0.4, 0.5) is 5.69 Å². The Bertz CT molecular complexity index is 1010. The highest BCUT2D eigenvalue weighted by molar-refractivity contribution is 7.93. The number of amides is 1. The molecule has 2 N–H and O–H groups in total. The van der Waals surface area contributed by atoms with Gasteiger partial charge in [0.25, 0.3) is 10.0 Å². The summed E-state index contributed by atoms with van der Waals surface area (Å²) in [6, 6.07) is 10.3. The van der Waals surface area contributed by atoms with Gasteiger partial charge in [0.2, 0.25) is 5.91 Å². The van der Waals surface area contributed by atoms with Gasteiger partial charge in [-0.2, -0.15) is 0 Å². The zero-order chi connectivity index (χ0) is 19.8. The monoisotopic (exact) mass is 390 g/mol. The fraction of sp³-hybridized carbons (Fsp3) is 0.368. The number of benzene rings is 2. The van der Waals surface area contributed by atoms with Crippen molar-refractivity contribution in [2.45, 2.75) is 31.6 Å². The molecule has 0 bridgehead atoms. The van der Waals surface area contributed by atoms with Crippen LogP contribution in [0, 0.1) is 5.41 Å². The molecule has 1 amide bonds. The first kappa shape index (κ1) is 19.2.